The van der Waals surface area contributed by atoms with Gasteiger partial charge in [-0.1, -0.05) is 18.2 Å². The molecule has 4 heterocycles. The number of carbonyl (C=O) groups excluding carboxylic acids is 2. The molecule has 154 valence electrons. The topological polar surface area (TPSA) is 100 Å². The summed E-state index contributed by atoms with van der Waals surface area (Å²) in [6, 6.07) is 7.83. The largest absolute Gasteiger partial charge is 0.371 e. The van der Waals surface area contributed by atoms with Crippen molar-refractivity contribution in [1.82, 2.24) is 25.2 Å². The van der Waals surface area contributed by atoms with Gasteiger partial charge in [-0.05, 0) is 24.8 Å². The maximum Gasteiger partial charge on any atom is 0.271 e. The first-order chi connectivity index (χ1) is 14.6. The van der Waals surface area contributed by atoms with Crippen LogP contribution in [-0.4, -0.2) is 63.5 Å². The minimum atomic E-state index is -0.243. The Hall–Kier alpha value is -3.26. The molecule has 1 atom stereocenters. The van der Waals surface area contributed by atoms with Crippen LogP contribution in [0.15, 0.2) is 49.1 Å². The van der Waals surface area contributed by atoms with Gasteiger partial charge in [-0.2, -0.15) is 0 Å². The van der Waals surface area contributed by atoms with Gasteiger partial charge in [-0.15, -0.1) is 0 Å². The average molecular weight is 405 g/mol. The quantitative estimate of drug-likeness (QED) is 0.692. The van der Waals surface area contributed by atoms with Crippen LogP contribution >= 0.6 is 0 Å². The van der Waals surface area contributed by atoms with E-state index >= 15 is 0 Å². The normalized spacial score (nSPS) is 20.1. The third kappa shape index (κ3) is 3.43. The lowest BCUT2D eigenvalue weighted by molar-refractivity contribution is -0.166. The maximum absolute atomic E-state index is 12.9. The lowest BCUT2D eigenvalue weighted by atomic mass is 9.82. The monoisotopic (exact) mass is 405 g/mol. The van der Waals surface area contributed by atoms with Gasteiger partial charge < -0.3 is 19.9 Å². The van der Waals surface area contributed by atoms with Gasteiger partial charge in [0.1, 0.15) is 11.3 Å². The molecule has 2 fully saturated rings. The molecule has 5 rings (SSSR count). The van der Waals surface area contributed by atoms with Crippen molar-refractivity contribution in [3.8, 4) is 0 Å². The van der Waals surface area contributed by atoms with Crippen molar-refractivity contribution in [3.63, 3.8) is 0 Å². The molecule has 0 radical (unpaired) electrons. The Labute approximate surface area is 173 Å². The Bertz CT molecular complexity index is 1060. The van der Waals surface area contributed by atoms with Crippen LogP contribution in [-0.2, 0) is 4.74 Å². The fourth-order valence-electron chi connectivity index (χ4n) is 4.28. The highest BCUT2D eigenvalue weighted by atomic mass is 16.5. The number of nitrogens with zero attached hydrogens (tertiary/aromatic N) is 3. The molecule has 8 heteroatoms. The van der Waals surface area contributed by atoms with Crippen molar-refractivity contribution in [2.75, 3.05) is 26.2 Å². The average Bonchev–Trinajstić information content (AvgIpc) is 3.20. The minimum absolute atomic E-state index is 0.0417. The Kier molecular flexibility index (Phi) is 4.71. The molecule has 1 aromatic carbocycles. The van der Waals surface area contributed by atoms with E-state index in [0.717, 1.165) is 23.7 Å². The van der Waals surface area contributed by atoms with Crippen LogP contribution in [0.4, 0.5) is 0 Å². The first kappa shape index (κ1) is 18.7. The Morgan fingerprint density at radius 3 is 2.90 bits per heavy atom. The Morgan fingerprint density at radius 2 is 2.13 bits per heavy atom. The van der Waals surface area contributed by atoms with E-state index in [9.17, 15) is 9.59 Å². The van der Waals surface area contributed by atoms with E-state index in [1.807, 2.05) is 29.2 Å². The van der Waals surface area contributed by atoms with Crippen LogP contribution in [0, 0.1) is 5.92 Å². The number of likely N-dealkylation sites (tertiary alicyclic amines) is 1. The summed E-state index contributed by atoms with van der Waals surface area (Å²) < 4.78 is 6.16. The smallest absolute Gasteiger partial charge is 0.271 e. The zero-order valence-corrected chi connectivity index (χ0v) is 16.5. The minimum Gasteiger partial charge on any atom is -0.371 e. The summed E-state index contributed by atoms with van der Waals surface area (Å²) in [5, 5.41) is 3.86. The molecule has 0 saturated carbocycles. The third-order valence-electron chi connectivity index (χ3n) is 6.05. The number of ether oxygens (including phenoxy) is 1. The predicted octanol–water partition coefficient (Wildman–Crippen LogP) is 2.01. The molecule has 2 saturated heterocycles. The molecule has 2 amide bonds. The lowest BCUT2D eigenvalue weighted by Gasteiger charge is -2.52. The van der Waals surface area contributed by atoms with E-state index in [0.29, 0.717) is 37.5 Å². The summed E-state index contributed by atoms with van der Waals surface area (Å²) in [5.41, 5.74) is 1.75. The van der Waals surface area contributed by atoms with Crippen molar-refractivity contribution < 1.29 is 14.3 Å². The first-order valence-electron chi connectivity index (χ1n) is 10.2. The number of aromatic amines is 1. The van der Waals surface area contributed by atoms with E-state index in [4.69, 9.17) is 4.74 Å². The van der Waals surface area contributed by atoms with Gasteiger partial charge in [-0.3, -0.25) is 14.6 Å². The van der Waals surface area contributed by atoms with Gasteiger partial charge in [0, 0.05) is 36.0 Å². The number of benzene rings is 1. The van der Waals surface area contributed by atoms with Crippen LogP contribution < -0.4 is 5.32 Å². The van der Waals surface area contributed by atoms with Crippen molar-refractivity contribution >= 4 is 22.7 Å². The predicted molar refractivity (Wildman–Crippen MR) is 110 cm³/mol. The fraction of sp³-hybridized carbons (Fsp3) is 0.364. The summed E-state index contributed by atoms with van der Waals surface area (Å²) in [6.07, 6.45) is 8.12. The molecule has 30 heavy (non-hydrogen) atoms. The lowest BCUT2D eigenvalue weighted by Crippen LogP contribution is -2.66. The molecule has 2 aliphatic heterocycles. The molecular weight excluding hydrogens is 382 g/mol. The van der Waals surface area contributed by atoms with E-state index in [-0.39, 0.29) is 23.3 Å². The number of hydrogen-bond acceptors (Lipinski definition) is 5. The summed E-state index contributed by atoms with van der Waals surface area (Å²) >= 11 is 0. The first-order valence-corrected chi connectivity index (χ1v) is 10.2. The molecule has 2 aromatic heterocycles. The summed E-state index contributed by atoms with van der Waals surface area (Å²) in [5.74, 6) is 0.0807. The van der Waals surface area contributed by atoms with Gasteiger partial charge >= 0.3 is 0 Å². The molecular formula is C22H23N5O3. The number of nitrogens with one attached hydrogen (secondary N) is 2. The zero-order chi connectivity index (χ0) is 20.6. The van der Waals surface area contributed by atoms with Crippen molar-refractivity contribution in [1.29, 1.82) is 0 Å². The molecule has 1 unspecified atom stereocenters. The number of rotatable bonds is 4. The molecule has 0 bridgehead atoms. The molecule has 0 aliphatic carbocycles. The zero-order valence-electron chi connectivity index (χ0n) is 16.5. The van der Waals surface area contributed by atoms with Gasteiger partial charge in [-0.25, -0.2) is 4.98 Å². The highest BCUT2D eigenvalue weighted by Crippen LogP contribution is 2.37. The number of hydrogen-bond donors (Lipinski definition) is 2. The number of para-hydroxylation sites is 1. The maximum atomic E-state index is 12.9. The molecule has 2 aliphatic rings. The second-order valence-corrected chi connectivity index (χ2v) is 8.11. The SMILES string of the molecule is O=C(NCC1CCC2(CN(C(=O)c3c[nH]c4ccccc34)C2)OC1)c1cnccn1. The second kappa shape index (κ2) is 7.53. The van der Waals surface area contributed by atoms with Crippen LogP contribution in [0.2, 0.25) is 0 Å². The van der Waals surface area contributed by atoms with E-state index in [2.05, 4.69) is 20.3 Å². The van der Waals surface area contributed by atoms with Gasteiger partial charge in [0.2, 0.25) is 0 Å². The Morgan fingerprint density at radius 1 is 1.27 bits per heavy atom. The van der Waals surface area contributed by atoms with E-state index in [1.54, 1.807) is 6.20 Å². The van der Waals surface area contributed by atoms with Gasteiger partial charge in [0.15, 0.2) is 0 Å². The fourth-order valence-corrected chi connectivity index (χ4v) is 4.28. The number of amides is 2. The number of H-pyrrole nitrogens is 1. The van der Waals surface area contributed by atoms with Crippen LogP contribution in [0.3, 0.4) is 0 Å². The summed E-state index contributed by atoms with van der Waals surface area (Å²) in [6.45, 7) is 2.35. The van der Waals surface area contributed by atoms with Crippen molar-refractivity contribution in [2.45, 2.75) is 18.4 Å². The summed E-state index contributed by atoms with van der Waals surface area (Å²) in [7, 11) is 0. The highest BCUT2D eigenvalue weighted by molar-refractivity contribution is 6.07. The molecule has 8 nitrogen and oxygen atoms in total. The van der Waals surface area contributed by atoms with Crippen molar-refractivity contribution in [3.05, 3.63) is 60.3 Å². The van der Waals surface area contributed by atoms with Crippen LogP contribution in [0.1, 0.15) is 33.7 Å². The van der Waals surface area contributed by atoms with Crippen molar-refractivity contribution in [2.24, 2.45) is 5.92 Å². The van der Waals surface area contributed by atoms with E-state index in [1.165, 1.54) is 18.6 Å². The van der Waals surface area contributed by atoms with Crippen LogP contribution in [0.5, 0.6) is 0 Å². The van der Waals surface area contributed by atoms with E-state index < -0.39 is 0 Å². The molecule has 2 N–H and O–H groups in total. The molecule has 3 aromatic rings. The highest BCUT2D eigenvalue weighted by Gasteiger charge is 2.48. The summed E-state index contributed by atoms with van der Waals surface area (Å²) in [4.78, 5) is 37.9. The number of aromatic nitrogens is 3. The van der Waals surface area contributed by atoms with Gasteiger partial charge in [0.25, 0.3) is 11.8 Å². The third-order valence-corrected chi connectivity index (χ3v) is 6.05. The number of carbonyl (C=O) groups is 2. The number of fused-ring (bicyclic) bond motifs is 1. The second-order valence-electron chi connectivity index (χ2n) is 8.11. The standard InChI is InChI=1S/C22H23N5O3/c28-20(19-11-23-7-8-24-19)26-9-15-5-6-22(30-12-15)13-27(14-22)21(29)17-10-25-18-4-2-1-3-16(17)18/h1-4,7-8,10-11,15,25H,5-6,9,12-14H2,(H,26,28). The Balaban J connectivity index is 1.12. The molecule has 1 spiro atoms. The van der Waals surface area contributed by atoms with Gasteiger partial charge in [0.05, 0.1) is 31.5 Å². The van der Waals surface area contributed by atoms with Crippen LogP contribution in [0.25, 0.3) is 10.9 Å².